The fraction of sp³-hybridized carbons (Fsp3) is 0.278. The molecule has 1 amide bonds. The molecule has 0 aromatic heterocycles. The fourth-order valence-corrected chi connectivity index (χ4v) is 2.57. The summed E-state index contributed by atoms with van der Waals surface area (Å²) in [5.74, 6) is 1.13. The van der Waals surface area contributed by atoms with Gasteiger partial charge in [0, 0.05) is 6.42 Å². The first-order chi connectivity index (χ1) is 10.6. The number of nitrogens with two attached hydrogens (primary N) is 1. The molecule has 0 spiro atoms. The van der Waals surface area contributed by atoms with Crippen molar-refractivity contribution in [3.8, 4) is 11.5 Å². The summed E-state index contributed by atoms with van der Waals surface area (Å²) in [6.45, 7) is 0. The average molecular weight is 299 g/mol. The van der Waals surface area contributed by atoms with Crippen LogP contribution in [0.2, 0.25) is 0 Å². The van der Waals surface area contributed by atoms with Crippen molar-refractivity contribution in [3.05, 3.63) is 59.7 Å². The monoisotopic (exact) mass is 299 g/mol. The second kappa shape index (κ2) is 7.50. The Bertz CT molecular complexity index is 625. The number of methoxy groups -OCH3 is 2. The highest BCUT2D eigenvalue weighted by atomic mass is 16.5. The molecular weight excluding hydrogens is 278 g/mol. The minimum absolute atomic E-state index is 0.0526. The summed E-state index contributed by atoms with van der Waals surface area (Å²) in [5.41, 5.74) is 7.59. The first-order valence-electron chi connectivity index (χ1n) is 7.18. The summed E-state index contributed by atoms with van der Waals surface area (Å²) in [6, 6.07) is 15.7. The van der Waals surface area contributed by atoms with Crippen LogP contribution in [0.25, 0.3) is 0 Å². The zero-order valence-electron chi connectivity index (χ0n) is 12.9. The van der Waals surface area contributed by atoms with Gasteiger partial charge in [-0.25, -0.2) is 0 Å². The van der Waals surface area contributed by atoms with E-state index in [9.17, 15) is 4.79 Å². The summed E-state index contributed by atoms with van der Waals surface area (Å²) in [5, 5.41) is 0. The first-order valence-corrected chi connectivity index (χ1v) is 7.18. The van der Waals surface area contributed by atoms with Crippen molar-refractivity contribution in [3.63, 3.8) is 0 Å². The molecule has 0 saturated heterocycles. The summed E-state index contributed by atoms with van der Waals surface area (Å²) >= 11 is 0. The Hall–Kier alpha value is -2.49. The van der Waals surface area contributed by atoms with Gasteiger partial charge >= 0.3 is 0 Å². The summed E-state index contributed by atoms with van der Waals surface area (Å²) in [4.78, 5) is 11.4. The molecule has 2 aromatic rings. The first kappa shape index (κ1) is 15.9. The lowest BCUT2D eigenvalue weighted by Gasteiger charge is -2.17. The summed E-state index contributed by atoms with van der Waals surface area (Å²) < 4.78 is 10.6. The van der Waals surface area contributed by atoms with E-state index in [0.717, 1.165) is 11.1 Å². The molecule has 0 aliphatic heterocycles. The fourth-order valence-electron chi connectivity index (χ4n) is 2.57. The van der Waals surface area contributed by atoms with Gasteiger partial charge in [-0.3, -0.25) is 4.79 Å². The van der Waals surface area contributed by atoms with Crippen molar-refractivity contribution in [1.82, 2.24) is 0 Å². The van der Waals surface area contributed by atoms with Crippen LogP contribution in [-0.2, 0) is 11.2 Å². The number of hydrogen-bond donors (Lipinski definition) is 1. The normalized spacial score (nSPS) is 11.7. The lowest BCUT2D eigenvalue weighted by Crippen LogP contribution is -2.17. The molecule has 4 nitrogen and oxygen atoms in total. The molecule has 116 valence electrons. The molecule has 0 fully saturated rings. The molecule has 22 heavy (non-hydrogen) atoms. The number of rotatable bonds is 7. The van der Waals surface area contributed by atoms with Crippen molar-refractivity contribution in [2.24, 2.45) is 5.73 Å². The van der Waals surface area contributed by atoms with Crippen molar-refractivity contribution >= 4 is 5.91 Å². The van der Waals surface area contributed by atoms with Crippen LogP contribution in [0.5, 0.6) is 11.5 Å². The van der Waals surface area contributed by atoms with Crippen molar-refractivity contribution in [2.45, 2.75) is 18.8 Å². The van der Waals surface area contributed by atoms with Gasteiger partial charge in [0.25, 0.3) is 0 Å². The second-order valence-electron chi connectivity index (χ2n) is 5.17. The zero-order chi connectivity index (χ0) is 15.9. The van der Waals surface area contributed by atoms with E-state index >= 15 is 0 Å². The maximum atomic E-state index is 11.4. The summed E-state index contributed by atoms with van der Waals surface area (Å²) in [6.07, 6.45) is 1.03. The molecule has 0 saturated carbocycles. The molecule has 2 N–H and O–H groups in total. The Balaban J connectivity index is 2.25. The molecule has 0 heterocycles. The highest BCUT2D eigenvalue weighted by molar-refractivity contribution is 5.74. The van der Waals surface area contributed by atoms with Crippen LogP contribution in [0, 0.1) is 0 Å². The minimum Gasteiger partial charge on any atom is -0.493 e. The van der Waals surface area contributed by atoms with E-state index in [2.05, 4.69) is 0 Å². The Morgan fingerprint density at radius 2 is 1.73 bits per heavy atom. The van der Waals surface area contributed by atoms with Gasteiger partial charge in [0.05, 0.1) is 14.2 Å². The van der Waals surface area contributed by atoms with Crippen LogP contribution < -0.4 is 15.2 Å². The largest absolute Gasteiger partial charge is 0.493 e. The van der Waals surface area contributed by atoms with E-state index in [4.69, 9.17) is 15.2 Å². The maximum absolute atomic E-state index is 11.4. The highest BCUT2D eigenvalue weighted by Gasteiger charge is 2.16. The third-order valence-electron chi connectivity index (χ3n) is 3.65. The molecule has 1 atom stereocenters. The lowest BCUT2D eigenvalue weighted by molar-refractivity contribution is -0.118. The van der Waals surface area contributed by atoms with Gasteiger partial charge in [-0.2, -0.15) is 0 Å². The number of benzene rings is 2. The summed E-state index contributed by atoms with van der Waals surface area (Å²) in [7, 11) is 3.22. The van der Waals surface area contributed by atoms with E-state index in [1.54, 1.807) is 14.2 Å². The standard InChI is InChI=1S/C18H21NO3/c1-21-16-9-8-13(11-17(16)22-2)10-15(12-18(19)20)14-6-4-3-5-7-14/h3-9,11,15H,10,12H2,1-2H3,(H2,19,20). The van der Waals surface area contributed by atoms with Crippen LogP contribution in [0.3, 0.4) is 0 Å². The van der Waals surface area contributed by atoms with Crippen LogP contribution >= 0.6 is 0 Å². The molecular formula is C18H21NO3. The third kappa shape index (κ3) is 4.01. The van der Waals surface area contributed by atoms with Gasteiger partial charge in [0.15, 0.2) is 11.5 Å². The topological polar surface area (TPSA) is 61.5 Å². The van der Waals surface area contributed by atoms with Crippen LogP contribution in [0.15, 0.2) is 48.5 Å². The molecule has 4 heteroatoms. The predicted molar refractivity (Wildman–Crippen MR) is 86.2 cm³/mol. The number of ether oxygens (including phenoxy) is 2. The van der Waals surface area contributed by atoms with Crippen molar-refractivity contribution < 1.29 is 14.3 Å². The lowest BCUT2D eigenvalue weighted by atomic mass is 9.89. The Morgan fingerprint density at radius 1 is 1.05 bits per heavy atom. The highest BCUT2D eigenvalue weighted by Crippen LogP contribution is 2.31. The molecule has 0 bridgehead atoms. The minimum atomic E-state index is -0.297. The number of carbonyl (C=O) groups excluding carboxylic acids is 1. The Morgan fingerprint density at radius 3 is 2.32 bits per heavy atom. The molecule has 0 aliphatic carbocycles. The van der Waals surface area contributed by atoms with Gasteiger partial charge < -0.3 is 15.2 Å². The average Bonchev–Trinajstić information content (AvgIpc) is 2.54. The van der Waals surface area contributed by atoms with Gasteiger partial charge in [-0.1, -0.05) is 36.4 Å². The predicted octanol–water partition coefficient (Wildman–Crippen LogP) is 2.91. The van der Waals surface area contributed by atoms with Gasteiger partial charge in [0.2, 0.25) is 5.91 Å². The van der Waals surface area contributed by atoms with Crippen molar-refractivity contribution in [1.29, 1.82) is 0 Å². The van der Waals surface area contributed by atoms with Crippen LogP contribution in [0.1, 0.15) is 23.5 Å². The molecule has 0 aliphatic rings. The number of amides is 1. The molecule has 2 aromatic carbocycles. The zero-order valence-corrected chi connectivity index (χ0v) is 12.9. The Kier molecular flexibility index (Phi) is 5.42. The molecule has 1 unspecified atom stereocenters. The Labute approximate surface area is 130 Å². The van der Waals surface area contributed by atoms with E-state index in [1.165, 1.54) is 0 Å². The smallest absolute Gasteiger partial charge is 0.218 e. The van der Waals surface area contributed by atoms with E-state index in [0.29, 0.717) is 24.3 Å². The van der Waals surface area contributed by atoms with E-state index in [-0.39, 0.29) is 11.8 Å². The van der Waals surface area contributed by atoms with Crippen molar-refractivity contribution in [2.75, 3.05) is 14.2 Å². The number of hydrogen-bond acceptors (Lipinski definition) is 3. The van der Waals surface area contributed by atoms with Gasteiger partial charge in [-0.15, -0.1) is 0 Å². The molecule has 2 rings (SSSR count). The second-order valence-corrected chi connectivity index (χ2v) is 5.17. The third-order valence-corrected chi connectivity index (χ3v) is 3.65. The SMILES string of the molecule is COc1ccc(CC(CC(N)=O)c2ccccc2)cc1OC. The number of primary amides is 1. The quantitative estimate of drug-likeness (QED) is 0.855. The van der Waals surface area contributed by atoms with Gasteiger partial charge in [0.1, 0.15) is 0 Å². The maximum Gasteiger partial charge on any atom is 0.218 e. The molecule has 0 radical (unpaired) electrons. The van der Waals surface area contributed by atoms with E-state index in [1.807, 2.05) is 48.5 Å². The number of carbonyl (C=O) groups is 1. The van der Waals surface area contributed by atoms with Crippen LogP contribution in [-0.4, -0.2) is 20.1 Å². The van der Waals surface area contributed by atoms with E-state index < -0.39 is 0 Å². The van der Waals surface area contributed by atoms with Crippen LogP contribution in [0.4, 0.5) is 0 Å². The van der Waals surface area contributed by atoms with Gasteiger partial charge in [-0.05, 0) is 35.6 Å².